The summed E-state index contributed by atoms with van der Waals surface area (Å²) in [6, 6.07) is 16.7. The fourth-order valence-electron chi connectivity index (χ4n) is 2.56. The summed E-state index contributed by atoms with van der Waals surface area (Å²) in [6.45, 7) is 6.26. The molecule has 0 aliphatic rings. The lowest BCUT2D eigenvalue weighted by atomic mass is 10.2. The lowest BCUT2D eigenvalue weighted by Crippen LogP contribution is -2.14. The number of aromatic nitrogens is 1. The molecule has 0 bridgehead atoms. The first-order valence-electron chi connectivity index (χ1n) is 9.05. The van der Waals surface area contributed by atoms with Gasteiger partial charge < -0.3 is 10.1 Å². The van der Waals surface area contributed by atoms with Gasteiger partial charge in [0.1, 0.15) is 11.3 Å². The summed E-state index contributed by atoms with van der Waals surface area (Å²) in [6.07, 6.45) is 1.59. The Labute approximate surface area is 164 Å². The van der Waals surface area contributed by atoms with E-state index < -0.39 is 0 Å². The van der Waals surface area contributed by atoms with Gasteiger partial charge in [0.15, 0.2) is 0 Å². The molecule has 0 unspecified atom stereocenters. The quantitative estimate of drug-likeness (QED) is 0.557. The zero-order chi connectivity index (χ0) is 19.9. The van der Waals surface area contributed by atoms with Gasteiger partial charge in [0.05, 0.1) is 18.0 Å². The van der Waals surface area contributed by atoms with Crippen LogP contribution >= 0.6 is 0 Å². The third-order valence-corrected chi connectivity index (χ3v) is 4.01. The minimum absolute atomic E-state index is 0.303. The van der Waals surface area contributed by atoms with E-state index in [0.717, 1.165) is 16.8 Å². The Balaban J connectivity index is 1.86. The number of amides is 1. The van der Waals surface area contributed by atoms with Crippen molar-refractivity contribution in [2.24, 2.45) is 10.2 Å². The van der Waals surface area contributed by atoms with Crippen molar-refractivity contribution in [3.05, 3.63) is 77.5 Å². The van der Waals surface area contributed by atoms with E-state index in [-0.39, 0.29) is 5.91 Å². The average Bonchev–Trinajstić information content (AvgIpc) is 2.70. The summed E-state index contributed by atoms with van der Waals surface area (Å²) >= 11 is 0. The van der Waals surface area contributed by atoms with Gasteiger partial charge in [0.25, 0.3) is 5.91 Å². The molecule has 0 aliphatic heterocycles. The van der Waals surface area contributed by atoms with Gasteiger partial charge in [-0.3, -0.25) is 4.79 Å². The molecular weight excluding hydrogens is 352 g/mol. The first-order valence-corrected chi connectivity index (χ1v) is 9.05. The van der Waals surface area contributed by atoms with Crippen LogP contribution in [0.2, 0.25) is 0 Å². The number of carbonyl (C=O) groups excluding carboxylic acids is 1. The van der Waals surface area contributed by atoms with Gasteiger partial charge in [-0.15, -0.1) is 5.11 Å². The predicted molar refractivity (Wildman–Crippen MR) is 110 cm³/mol. The van der Waals surface area contributed by atoms with Crippen molar-refractivity contribution in [1.29, 1.82) is 0 Å². The molecule has 1 aromatic heterocycles. The Hall–Kier alpha value is -3.54. The molecule has 0 spiro atoms. The molecule has 6 nitrogen and oxygen atoms in total. The molecular formula is C22H22N4O2. The Bertz CT molecular complexity index is 998. The smallest absolute Gasteiger partial charge is 0.261 e. The molecule has 3 rings (SSSR count). The summed E-state index contributed by atoms with van der Waals surface area (Å²) < 4.78 is 5.45. The summed E-state index contributed by atoms with van der Waals surface area (Å²) in [5.74, 6) is -0.00960. The number of rotatable bonds is 6. The molecule has 28 heavy (non-hydrogen) atoms. The third-order valence-electron chi connectivity index (χ3n) is 4.01. The Morgan fingerprint density at radius 2 is 1.79 bits per heavy atom. The van der Waals surface area contributed by atoms with Gasteiger partial charge in [-0.1, -0.05) is 23.8 Å². The predicted octanol–water partition coefficient (Wildman–Crippen LogP) is 5.76. The van der Waals surface area contributed by atoms with E-state index in [2.05, 4.69) is 20.5 Å². The lowest BCUT2D eigenvalue weighted by Gasteiger charge is -2.11. The number of azo groups is 1. The van der Waals surface area contributed by atoms with E-state index in [0.29, 0.717) is 29.4 Å². The van der Waals surface area contributed by atoms with Crippen LogP contribution in [0.1, 0.15) is 28.4 Å². The van der Waals surface area contributed by atoms with Gasteiger partial charge >= 0.3 is 0 Å². The van der Waals surface area contributed by atoms with Crippen molar-refractivity contribution in [3.8, 4) is 5.88 Å². The van der Waals surface area contributed by atoms with Crippen LogP contribution in [0.25, 0.3) is 0 Å². The Morgan fingerprint density at radius 3 is 2.54 bits per heavy atom. The molecule has 0 fully saturated rings. The molecule has 3 aromatic rings. The Morgan fingerprint density at radius 1 is 1.04 bits per heavy atom. The second-order valence-corrected chi connectivity index (χ2v) is 6.30. The normalized spacial score (nSPS) is 10.8. The number of hydrogen-bond donors (Lipinski definition) is 1. The fraction of sp³-hybridized carbons (Fsp3) is 0.182. The van der Waals surface area contributed by atoms with Crippen molar-refractivity contribution in [3.63, 3.8) is 0 Å². The van der Waals surface area contributed by atoms with Crippen LogP contribution in [0.3, 0.4) is 0 Å². The zero-order valence-electron chi connectivity index (χ0n) is 16.1. The topological polar surface area (TPSA) is 75.9 Å². The molecule has 0 atom stereocenters. The number of pyridine rings is 1. The molecule has 1 heterocycles. The van der Waals surface area contributed by atoms with Crippen LogP contribution in [0.5, 0.6) is 5.88 Å². The average molecular weight is 374 g/mol. The van der Waals surface area contributed by atoms with E-state index >= 15 is 0 Å². The molecule has 1 N–H and O–H groups in total. The van der Waals surface area contributed by atoms with E-state index in [1.807, 2.05) is 63.2 Å². The highest BCUT2D eigenvalue weighted by atomic mass is 16.5. The summed E-state index contributed by atoms with van der Waals surface area (Å²) in [7, 11) is 0. The van der Waals surface area contributed by atoms with Crippen LogP contribution < -0.4 is 10.1 Å². The molecule has 6 heteroatoms. The van der Waals surface area contributed by atoms with Crippen LogP contribution in [0, 0.1) is 13.8 Å². The second-order valence-electron chi connectivity index (χ2n) is 6.30. The van der Waals surface area contributed by atoms with E-state index in [1.54, 1.807) is 18.3 Å². The van der Waals surface area contributed by atoms with Crippen molar-refractivity contribution in [2.45, 2.75) is 20.8 Å². The van der Waals surface area contributed by atoms with Crippen molar-refractivity contribution >= 4 is 23.0 Å². The summed E-state index contributed by atoms with van der Waals surface area (Å²) in [4.78, 5) is 16.9. The second kappa shape index (κ2) is 8.90. The maximum absolute atomic E-state index is 12.8. The van der Waals surface area contributed by atoms with Crippen LogP contribution in [-0.4, -0.2) is 17.5 Å². The number of ether oxygens (including phenoxy) is 1. The molecule has 0 saturated carbocycles. The van der Waals surface area contributed by atoms with E-state index in [9.17, 15) is 4.79 Å². The summed E-state index contributed by atoms with van der Waals surface area (Å²) in [5, 5.41) is 11.5. The first-order chi connectivity index (χ1) is 13.6. The number of nitrogens with zero attached hydrogens (tertiary/aromatic N) is 3. The fourth-order valence-corrected chi connectivity index (χ4v) is 2.56. The maximum Gasteiger partial charge on any atom is 0.261 e. The largest absolute Gasteiger partial charge is 0.477 e. The van der Waals surface area contributed by atoms with Gasteiger partial charge in [-0.05, 0) is 62.7 Å². The van der Waals surface area contributed by atoms with Gasteiger partial charge in [-0.25, -0.2) is 4.98 Å². The number of anilines is 1. The van der Waals surface area contributed by atoms with Gasteiger partial charge in [0, 0.05) is 6.20 Å². The first kappa shape index (κ1) is 19.2. The maximum atomic E-state index is 12.8. The lowest BCUT2D eigenvalue weighted by molar-refractivity contribution is 0.102. The summed E-state index contributed by atoms with van der Waals surface area (Å²) in [5.41, 5.74) is 4.44. The highest BCUT2D eigenvalue weighted by molar-refractivity contribution is 6.07. The minimum Gasteiger partial charge on any atom is -0.477 e. The van der Waals surface area contributed by atoms with Gasteiger partial charge in [0.2, 0.25) is 5.88 Å². The van der Waals surface area contributed by atoms with Crippen LogP contribution in [0.4, 0.5) is 17.1 Å². The Kier molecular flexibility index (Phi) is 6.11. The zero-order valence-corrected chi connectivity index (χ0v) is 16.1. The van der Waals surface area contributed by atoms with Crippen LogP contribution in [0.15, 0.2) is 71.0 Å². The SMILES string of the molecule is CCOc1ncccc1C(=O)Nc1ccc(C)cc1N=Nc1ccc(C)cc1. The number of nitrogens with one attached hydrogen (secondary N) is 1. The number of aryl methyl sites for hydroxylation is 2. The standard InChI is InChI=1S/C22H22N4O2/c1-4-28-22-18(6-5-13-23-22)21(27)24-19-12-9-16(3)14-20(19)26-25-17-10-7-15(2)8-11-17/h5-14H,4H2,1-3H3,(H,24,27). The van der Waals surface area contributed by atoms with Crippen molar-refractivity contribution < 1.29 is 9.53 Å². The van der Waals surface area contributed by atoms with Crippen molar-refractivity contribution in [1.82, 2.24) is 4.98 Å². The van der Waals surface area contributed by atoms with E-state index in [4.69, 9.17) is 4.74 Å². The number of carbonyl (C=O) groups is 1. The third kappa shape index (κ3) is 4.79. The molecule has 2 aromatic carbocycles. The van der Waals surface area contributed by atoms with Crippen molar-refractivity contribution in [2.75, 3.05) is 11.9 Å². The number of benzene rings is 2. The molecule has 142 valence electrons. The van der Waals surface area contributed by atoms with Gasteiger partial charge in [-0.2, -0.15) is 5.11 Å². The highest BCUT2D eigenvalue weighted by Crippen LogP contribution is 2.29. The van der Waals surface area contributed by atoms with E-state index in [1.165, 1.54) is 0 Å². The minimum atomic E-state index is -0.313. The molecule has 0 radical (unpaired) electrons. The van der Waals surface area contributed by atoms with Crippen LogP contribution in [-0.2, 0) is 0 Å². The molecule has 1 amide bonds. The highest BCUT2D eigenvalue weighted by Gasteiger charge is 2.15. The monoisotopic (exact) mass is 374 g/mol. The molecule has 0 saturated heterocycles. The number of hydrogen-bond acceptors (Lipinski definition) is 5. The molecule has 0 aliphatic carbocycles.